The number of methoxy groups -OCH3 is 1. The van der Waals surface area contributed by atoms with Gasteiger partial charge in [-0.15, -0.1) is 0 Å². The number of hydrogen-bond donors (Lipinski definition) is 5. The van der Waals surface area contributed by atoms with Gasteiger partial charge in [-0.05, 0) is 72.5 Å². The molecular formula is C24H28N2O4. The third-order valence-electron chi connectivity index (χ3n) is 5.28. The molecule has 3 rings (SSSR count). The molecule has 0 radical (unpaired) electrons. The van der Waals surface area contributed by atoms with Crippen LogP contribution in [0.1, 0.15) is 23.1 Å². The number of ether oxygens (including phenoxy) is 1. The van der Waals surface area contributed by atoms with Gasteiger partial charge < -0.3 is 31.1 Å². The molecule has 1 unspecified atom stereocenters. The van der Waals surface area contributed by atoms with E-state index in [2.05, 4.69) is 5.32 Å². The predicted molar refractivity (Wildman–Crippen MR) is 118 cm³/mol. The minimum absolute atomic E-state index is 0.000528. The number of aliphatic hydroxyl groups excluding tert-OH is 1. The van der Waals surface area contributed by atoms with Crippen molar-refractivity contribution in [3.8, 4) is 11.5 Å². The Hall–Kier alpha value is -3.06. The zero-order valence-corrected chi connectivity index (χ0v) is 17.0. The van der Waals surface area contributed by atoms with Gasteiger partial charge in [0, 0.05) is 23.5 Å². The SMILES string of the molecule is COc1ccc(Nc2ccc(CCC(O)(CN)c3ccc(O)c(CO)c3)cc2)cc1. The van der Waals surface area contributed by atoms with Crippen molar-refractivity contribution in [2.24, 2.45) is 5.73 Å². The summed E-state index contributed by atoms with van der Waals surface area (Å²) >= 11 is 0. The van der Waals surface area contributed by atoms with Gasteiger partial charge in [0.1, 0.15) is 17.1 Å². The van der Waals surface area contributed by atoms with E-state index in [0.717, 1.165) is 22.7 Å². The first kappa shape index (κ1) is 21.6. The number of aryl methyl sites for hydroxylation is 1. The molecule has 158 valence electrons. The Morgan fingerprint density at radius 2 is 1.60 bits per heavy atom. The minimum Gasteiger partial charge on any atom is -0.508 e. The van der Waals surface area contributed by atoms with Crippen molar-refractivity contribution < 1.29 is 20.1 Å². The fourth-order valence-electron chi connectivity index (χ4n) is 3.31. The summed E-state index contributed by atoms with van der Waals surface area (Å²) in [5.41, 5.74) is 8.59. The molecule has 6 N–H and O–H groups in total. The summed E-state index contributed by atoms with van der Waals surface area (Å²) < 4.78 is 5.17. The summed E-state index contributed by atoms with van der Waals surface area (Å²) in [6, 6.07) is 20.4. The number of aliphatic hydroxyl groups is 2. The van der Waals surface area contributed by atoms with Crippen molar-refractivity contribution in [1.29, 1.82) is 0 Å². The molecule has 30 heavy (non-hydrogen) atoms. The molecule has 0 amide bonds. The van der Waals surface area contributed by atoms with Crippen LogP contribution in [0.4, 0.5) is 11.4 Å². The van der Waals surface area contributed by atoms with E-state index < -0.39 is 5.60 Å². The molecule has 6 heteroatoms. The second-order valence-electron chi connectivity index (χ2n) is 7.29. The standard InChI is InChI=1S/C24H28N2O4/c1-30-22-9-7-21(8-10-22)26-20-5-2-17(3-6-20)12-13-24(29,16-25)19-4-11-23(28)18(14-19)15-27/h2-11,14,26-29H,12-13,15-16,25H2,1H3. The van der Waals surface area contributed by atoms with Gasteiger partial charge in [0.05, 0.1) is 13.7 Å². The fourth-order valence-corrected chi connectivity index (χ4v) is 3.31. The second kappa shape index (κ2) is 9.63. The van der Waals surface area contributed by atoms with Crippen molar-refractivity contribution in [1.82, 2.24) is 0 Å². The van der Waals surface area contributed by atoms with E-state index in [1.54, 1.807) is 19.2 Å². The van der Waals surface area contributed by atoms with Gasteiger partial charge in [-0.2, -0.15) is 0 Å². The average Bonchev–Trinajstić information content (AvgIpc) is 2.79. The van der Waals surface area contributed by atoms with E-state index in [0.29, 0.717) is 24.0 Å². The molecule has 0 fully saturated rings. The van der Waals surface area contributed by atoms with Crippen LogP contribution >= 0.6 is 0 Å². The molecule has 0 bridgehead atoms. The number of nitrogens with one attached hydrogen (secondary N) is 1. The lowest BCUT2D eigenvalue weighted by molar-refractivity contribution is 0.0368. The van der Waals surface area contributed by atoms with Gasteiger partial charge in [-0.3, -0.25) is 0 Å². The van der Waals surface area contributed by atoms with Crippen LogP contribution in [0.5, 0.6) is 11.5 Å². The third-order valence-corrected chi connectivity index (χ3v) is 5.28. The molecule has 0 saturated heterocycles. The maximum absolute atomic E-state index is 11.0. The summed E-state index contributed by atoms with van der Waals surface area (Å²) in [5, 5.41) is 33.5. The first-order valence-electron chi connectivity index (χ1n) is 9.83. The maximum Gasteiger partial charge on any atom is 0.121 e. The molecule has 3 aromatic carbocycles. The van der Waals surface area contributed by atoms with E-state index in [1.165, 1.54) is 6.07 Å². The highest BCUT2D eigenvalue weighted by atomic mass is 16.5. The molecule has 1 atom stereocenters. The van der Waals surface area contributed by atoms with Crippen molar-refractivity contribution in [2.75, 3.05) is 19.0 Å². The van der Waals surface area contributed by atoms with Crippen LogP contribution in [0.3, 0.4) is 0 Å². The zero-order chi connectivity index (χ0) is 21.6. The monoisotopic (exact) mass is 408 g/mol. The number of anilines is 2. The molecule has 0 saturated carbocycles. The number of phenols is 1. The van der Waals surface area contributed by atoms with Gasteiger partial charge in [-0.1, -0.05) is 18.2 Å². The summed E-state index contributed by atoms with van der Waals surface area (Å²) in [5.74, 6) is 0.809. The molecule has 3 aromatic rings. The Morgan fingerprint density at radius 1 is 0.967 bits per heavy atom. The highest BCUT2D eigenvalue weighted by molar-refractivity contribution is 5.60. The van der Waals surface area contributed by atoms with Crippen LogP contribution in [0.15, 0.2) is 66.7 Å². The fraction of sp³-hybridized carbons (Fsp3) is 0.250. The maximum atomic E-state index is 11.0. The molecule has 0 aliphatic heterocycles. The van der Waals surface area contributed by atoms with Crippen LogP contribution < -0.4 is 15.8 Å². The first-order chi connectivity index (χ1) is 14.5. The summed E-state index contributed by atoms with van der Waals surface area (Å²) in [4.78, 5) is 0. The molecule has 0 heterocycles. The van der Waals surface area contributed by atoms with Crippen LogP contribution in [0.2, 0.25) is 0 Å². The van der Waals surface area contributed by atoms with Gasteiger partial charge in [0.2, 0.25) is 0 Å². The molecule has 0 aromatic heterocycles. The normalized spacial score (nSPS) is 12.9. The minimum atomic E-state index is -1.24. The van der Waals surface area contributed by atoms with Crippen molar-refractivity contribution in [3.05, 3.63) is 83.4 Å². The zero-order valence-electron chi connectivity index (χ0n) is 17.0. The van der Waals surface area contributed by atoms with Crippen LogP contribution in [0, 0.1) is 0 Å². The highest BCUT2D eigenvalue weighted by Crippen LogP contribution is 2.30. The second-order valence-corrected chi connectivity index (χ2v) is 7.29. The number of benzene rings is 3. The van der Waals surface area contributed by atoms with Gasteiger partial charge in [0.25, 0.3) is 0 Å². The lowest BCUT2D eigenvalue weighted by Crippen LogP contribution is -2.35. The van der Waals surface area contributed by atoms with Crippen LogP contribution in [0.25, 0.3) is 0 Å². The number of nitrogens with two attached hydrogens (primary N) is 1. The van der Waals surface area contributed by atoms with E-state index in [-0.39, 0.29) is 18.9 Å². The first-order valence-corrected chi connectivity index (χ1v) is 9.83. The van der Waals surface area contributed by atoms with Gasteiger partial charge in [0.15, 0.2) is 0 Å². The summed E-state index contributed by atoms with van der Waals surface area (Å²) in [7, 11) is 1.64. The Bertz CT molecular complexity index is 958. The van der Waals surface area contributed by atoms with Gasteiger partial charge in [-0.25, -0.2) is 0 Å². The largest absolute Gasteiger partial charge is 0.508 e. The summed E-state index contributed by atoms with van der Waals surface area (Å²) in [6.45, 7) is -0.261. The average molecular weight is 408 g/mol. The molecule has 6 nitrogen and oxygen atoms in total. The Kier molecular flexibility index (Phi) is 6.95. The van der Waals surface area contributed by atoms with Crippen LogP contribution in [-0.4, -0.2) is 29.0 Å². The smallest absolute Gasteiger partial charge is 0.121 e. The third kappa shape index (κ3) is 5.10. The number of rotatable bonds is 9. The highest BCUT2D eigenvalue weighted by Gasteiger charge is 2.28. The van der Waals surface area contributed by atoms with E-state index in [4.69, 9.17) is 10.5 Å². The summed E-state index contributed by atoms with van der Waals surface area (Å²) in [6.07, 6.45) is 1.05. The Balaban J connectivity index is 1.65. The molecule has 0 aliphatic rings. The lowest BCUT2D eigenvalue weighted by Gasteiger charge is -2.28. The van der Waals surface area contributed by atoms with Crippen LogP contribution in [-0.2, 0) is 18.6 Å². The lowest BCUT2D eigenvalue weighted by atomic mass is 9.86. The van der Waals surface area contributed by atoms with E-state index in [1.807, 2.05) is 48.5 Å². The van der Waals surface area contributed by atoms with Crippen molar-refractivity contribution in [3.63, 3.8) is 0 Å². The Morgan fingerprint density at radius 3 is 2.17 bits per heavy atom. The molecule has 0 aliphatic carbocycles. The predicted octanol–water partition coefficient (Wildman–Crippen LogP) is 3.42. The van der Waals surface area contributed by atoms with Gasteiger partial charge >= 0.3 is 0 Å². The molecular weight excluding hydrogens is 380 g/mol. The molecule has 0 spiro atoms. The van der Waals surface area contributed by atoms with Crippen molar-refractivity contribution in [2.45, 2.75) is 25.0 Å². The number of hydrogen-bond acceptors (Lipinski definition) is 6. The van der Waals surface area contributed by atoms with E-state index in [9.17, 15) is 15.3 Å². The van der Waals surface area contributed by atoms with E-state index >= 15 is 0 Å². The number of aromatic hydroxyl groups is 1. The van der Waals surface area contributed by atoms with Crippen molar-refractivity contribution >= 4 is 11.4 Å². The topological polar surface area (TPSA) is 108 Å². The Labute approximate surface area is 176 Å². The quantitative estimate of drug-likeness (QED) is 0.371.